The van der Waals surface area contributed by atoms with Crippen LogP contribution in [0.25, 0.3) is 0 Å². The lowest BCUT2D eigenvalue weighted by atomic mass is 9.94. The van der Waals surface area contributed by atoms with Crippen LogP contribution in [0.2, 0.25) is 0 Å². The molecule has 4 nitrogen and oxygen atoms in total. The van der Waals surface area contributed by atoms with Crippen LogP contribution in [0.4, 0.5) is 0 Å². The molecular weight excluding hydrogens is 334 g/mol. The molecule has 1 heterocycles. The second-order valence-corrected chi connectivity index (χ2v) is 6.59. The minimum atomic E-state index is -0.798. The predicted molar refractivity (Wildman–Crippen MR) is 84.1 cm³/mol. The van der Waals surface area contributed by atoms with E-state index in [0.717, 1.165) is 16.5 Å². The summed E-state index contributed by atoms with van der Waals surface area (Å²) in [5.74, 6) is -1.02. The lowest BCUT2D eigenvalue weighted by Gasteiger charge is -2.31. The van der Waals surface area contributed by atoms with Crippen LogP contribution >= 0.6 is 15.9 Å². The van der Waals surface area contributed by atoms with Gasteiger partial charge in [-0.3, -0.25) is 9.59 Å². The third-order valence-electron chi connectivity index (χ3n) is 4.04. The molecule has 1 aliphatic heterocycles. The Balaban J connectivity index is 1.94. The van der Waals surface area contributed by atoms with Gasteiger partial charge >= 0.3 is 5.97 Å². The molecule has 2 atom stereocenters. The van der Waals surface area contributed by atoms with E-state index in [0.29, 0.717) is 25.9 Å². The first-order chi connectivity index (χ1) is 9.97. The summed E-state index contributed by atoms with van der Waals surface area (Å²) in [5, 5.41) is 9.08. The maximum atomic E-state index is 12.3. The number of rotatable bonds is 4. The number of carbonyl (C=O) groups is 2. The molecular formula is C16H20BrNO3. The van der Waals surface area contributed by atoms with Crippen LogP contribution < -0.4 is 0 Å². The number of aliphatic carboxylic acids is 1. The number of piperidine rings is 1. The Morgan fingerprint density at radius 1 is 1.38 bits per heavy atom. The monoisotopic (exact) mass is 353 g/mol. The summed E-state index contributed by atoms with van der Waals surface area (Å²) in [6.07, 6.45) is 1.87. The number of amides is 1. The van der Waals surface area contributed by atoms with Crippen LogP contribution in [-0.2, 0) is 9.59 Å². The summed E-state index contributed by atoms with van der Waals surface area (Å²) in [4.78, 5) is 25.1. The number of hydrogen-bond acceptors (Lipinski definition) is 2. The number of hydrogen-bond donors (Lipinski definition) is 1. The fraction of sp³-hybridized carbons (Fsp3) is 0.500. The Hall–Kier alpha value is -1.36. The molecule has 0 bridgehead atoms. The van der Waals surface area contributed by atoms with Gasteiger partial charge in [0.2, 0.25) is 5.91 Å². The van der Waals surface area contributed by atoms with Crippen molar-refractivity contribution in [3.8, 4) is 0 Å². The van der Waals surface area contributed by atoms with E-state index in [2.05, 4.69) is 15.9 Å². The van der Waals surface area contributed by atoms with Crippen LogP contribution in [0.15, 0.2) is 28.7 Å². The summed E-state index contributed by atoms with van der Waals surface area (Å²) in [7, 11) is 0. The van der Waals surface area contributed by atoms with Gasteiger partial charge in [0.25, 0.3) is 0 Å². The molecule has 1 N–H and O–H groups in total. The zero-order valence-electron chi connectivity index (χ0n) is 12.1. The van der Waals surface area contributed by atoms with E-state index in [9.17, 15) is 9.59 Å². The maximum absolute atomic E-state index is 12.3. The standard InChI is InChI=1S/C16H20BrNO3/c1-11(12-4-6-14(17)7-5-12)9-15(19)18-8-2-3-13(10-18)16(20)21/h4-7,11,13H,2-3,8-10H2,1H3,(H,20,21). The molecule has 21 heavy (non-hydrogen) atoms. The second-order valence-electron chi connectivity index (χ2n) is 5.67. The van der Waals surface area contributed by atoms with Crippen LogP contribution in [0, 0.1) is 5.92 Å². The van der Waals surface area contributed by atoms with Gasteiger partial charge in [0.05, 0.1) is 5.92 Å². The zero-order valence-corrected chi connectivity index (χ0v) is 13.7. The van der Waals surface area contributed by atoms with E-state index < -0.39 is 11.9 Å². The highest BCUT2D eigenvalue weighted by molar-refractivity contribution is 9.10. The van der Waals surface area contributed by atoms with Gasteiger partial charge in [-0.25, -0.2) is 0 Å². The van der Waals surface area contributed by atoms with Crippen molar-refractivity contribution in [1.29, 1.82) is 0 Å². The molecule has 0 spiro atoms. The fourth-order valence-corrected chi connectivity index (χ4v) is 2.97. The molecule has 1 aromatic carbocycles. The zero-order chi connectivity index (χ0) is 15.4. The van der Waals surface area contributed by atoms with Crippen LogP contribution in [0.3, 0.4) is 0 Å². The number of benzene rings is 1. The van der Waals surface area contributed by atoms with E-state index in [-0.39, 0.29) is 11.8 Å². The minimum absolute atomic E-state index is 0.0522. The van der Waals surface area contributed by atoms with Crippen molar-refractivity contribution < 1.29 is 14.7 Å². The van der Waals surface area contributed by atoms with Crippen molar-refractivity contribution >= 4 is 27.8 Å². The molecule has 114 valence electrons. The van der Waals surface area contributed by atoms with Gasteiger partial charge in [0.1, 0.15) is 0 Å². The normalized spacial score (nSPS) is 20.1. The number of carboxylic acid groups (broad SMARTS) is 1. The summed E-state index contributed by atoms with van der Waals surface area (Å²) in [6, 6.07) is 7.96. The maximum Gasteiger partial charge on any atom is 0.308 e. The lowest BCUT2D eigenvalue weighted by molar-refractivity contribution is -0.145. The lowest BCUT2D eigenvalue weighted by Crippen LogP contribution is -2.42. The SMILES string of the molecule is CC(CC(=O)N1CCCC(C(=O)O)C1)c1ccc(Br)cc1. The average molecular weight is 354 g/mol. The number of carboxylic acids is 1. The van der Waals surface area contributed by atoms with Gasteiger partial charge in [-0.15, -0.1) is 0 Å². The first-order valence-corrected chi connectivity index (χ1v) is 8.02. The molecule has 2 unspecified atom stereocenters. The number of likely N-dealkylation sites (tertiary alicyclic amines) is 1. The quantitative estimate of drug-likeness (QED) is 0.903. The largest absolute Gasteiger partial charge is 0.481 e. The number of halogens is 1. The number of nitrogens with zero attached hydrogens (tertiary/aromatic N) is 1. The van der Waals surface area contributed by atoms with Crippen LogP contribution in [0.1, 0.15) is 37.7 Å². The van der Waals surface area contributed by atoms with Gasteiger partial charge in [0.15, 0.2) is 0 Å². The third kappa shape index (κ3) is 4.30. The molecule has 2 rings (SSSR count). The van der Waals surface area contributed by atoms with Crippen LogP contribution in [-0.4, -0.2) is 35.0 Å². The Labute approximate surface area is 133 Å². The van der Waals surface area contributed by atoms with E-state index >= 15 is 0 Å². The highest BCUT2D eigenvalue weighted by Gasteiger charge is 2.28. The van der Waals surface area contributed by atoms with Gasteiger partial charge in [0, 0.05) is 24.0 Å². The van der Waals surface area contributed by atoms with Crippen molar-refractivity contribution in [1.82, 2.24) is 4.90 Å². The Morgan fingerprint density at radius 3 is 2.67 bits per heavy atom. The molecule has 1 fully saturated rings. The molecule has 1 aliphatic rings. The average Bonchev–Trinajstić information content (AvgIpc) is 2.48. The highest BCUT2D eigenvalue weighted by Crippen LogP contribution is 2.24. The van der Waals surface area contributed by atoms with Crippen molar-refractivity contribution in [2.45, 2.75) is 32.1 Å². The minimum Gasteiger partial charge on any atom is -0.481 e. The van der Waals surface area contributed by atoms with Crippen molar-refractivity contribution in [2.75, 3.05) is 13.1 Å². The molecule has 1 amide bonds. The molecule has 0 radical (unpaired) electrons. The van der Waals surface area contributed by atoms with Gasteiger partial charge in [-0.2, -0.15) is 0 Å². The Bertz CT molecular complexity index is 515. The van der Waals surface area contributed by atoms with Crippen molar-refractivity contribution in [2.24, 2.45) is 5.92 Å². The molecule has 0 aliphatic carbocycles. The van der Waals surface area contributed by atoms with Gasteiger partial charge in [-0.05, 0) is 36.5 Å². The smallest absolute Gasteiger partial charge is 0.308 e. The predicted octanol–water partition coefficient (Wildman–Crippen LogP) is 3.27. The summed E-state index contributed by atoms with van der Waals surface area (Å²) in [6.45, 7) is 3.05. The van der Waals surface area contributed by atoms with Crippen molar-refractivity contribution in [3.63, 3.8) is 0 Å². The molecule has 0 saturated carbocycles. The van der Waals surface area contributed by atoms with Gasteiger partial charge < -0.3 is 10.0 Å². The Morgan fingerprint density at radius 2 is 2.05 bits per heavy atom. The van der Waals surface area contributed by atoms with E-state index in [1.54, 1.807) is 4.90 Å². The first kappa shape index (κ1) is 16.0. The van der Waals surface area contributed by atoms with Crippen molar-refractivity contribution in [3.05, 3.63) is 34.3 Å². The summed E-state index contributed by atoms with van der Waals surface area (Å²) >= 11 is 3.40. The first-order valence-electron chi connectivity index (χ1n) is 7.23. The van der Waals surface area contributed by atoms with E-state index in [1.807, 2.05) is 31.2 Å². The number of carbonyl (C=O) groups excluding carboxylic acids is 1. The Kier molecular flexibility index (Phi) is 5.39. The molecule has 0 aromatic heterocycles. The third-order valence-corrected chi connectivity index (χ3v) is 4.57. The van der Waals surface area contributed by atoms with E-state index in [1.165, 1.54) is 0 Å². The molecule has 1 saturated heterocycles. The van der Waals surface area contributed by atoms with E-state index in [4.69, 9.17) is 5.11 Å². The van der Waals surface area contributed by atoms with Crippen LogP contribution in [0.5, 0.6) is 0 Å². The summed E-state index contributed by atoms with van der Waals surface area (Å²) in [5.41, 5.74) is 1.12. The van der Waals surface area contributed by atoms with Gasteiger partial charge in [-0.1, -0.05) is 35.0 Å². The summed E-state index contributed by atoms with van der Waals surface area (Å²) < 4.78 is 1.02. The molecule has 1 aromatic rings. The highest BCUT2D eigenvalue weighted by atomic mass is 79.9. The second kappa shape index (κ2) is 7.07. The topological polar surface area (TPSA) is 57.6 Å². The molecule has 5 heteroatoms. The fourth-order valence-electron chi connectivity index (χ4n) is 2.71.